The van der Waals surface area contributed by atoms with Crippen LogP contribution in [-0.4, -0.2) is 12.5 Å². The molecule has 0 aliphatic rings. The molecule has 25 heavy (non-hydrogen) atoms. The van der Waals surface area contributed by atoms with Gasteiger partial charge in [-0.2, -0.15) is 5.26 Å². The van der Waals surface area contributed by atoms with Crippen LogP contribution in [0.4, 0.5) is 5.69 Å². The Morgan fingerprint density at radius 2 is 1.96 bits per heavy atom. The van der Waals surface area contributed by atoms with Crippen molar-refractivity contribution >= 4 is 54.2 Å². The number of hydrogen-bond donors (Lipinski definition) is 1. The molecule has 0 saturated heterocycles. The molecule has 3 aromatic rings. The number of benzene rings is 3. The summed E-state index contributed by atoms with van der Waals surface area (Å²) in [5.74, 6) is 0.300. The standard InChI is InChI=1S/C19H12Br2N2O2/c20-14-5-6-16-13(9-14)4-7-17(19(16)21)25-11-18(24)23-15-3-1-2-12(8-15)10-22/h1-9H,11H2,(H,23,24). The molecule has 0 aliphatic carbocycles. The smallest absolute Gasteiger partial charge is 0.262 e. The first-order chi connectivity index (χ1) is 12.1. The molecular weight excluding hydrogens is 448 g/mol. The van der Waals surface area contributed by atoms with Gasteiger partial charge in [-0.15, -0.1) is 0 Å². The first-order valence-corrected chi connectivity index (χ1v) is 8.96. The minimum absolute atomic E-state index is 0.128. The summed E-state index contributed by atoms with van der Waals surface area (Å²) < 4.78 is 7.43. The summed E-state index contributed by atoms with van der Waals surface area (Å²) in [6, 6.07) is 18.5. The van der Waals surface area contributed by atoms with E-state index in [1.54, 1.807) is 24.3 Å². The number of carbonyl (C=O) groups excluding carboxylic acids is 1. The molecule has 1 N–H and O–H groups in total. The van der Waals surface area contributed by atoms with Gasteiger partial charge in [-0.25, -0.2) is 0 Å². The summed E-state index contributed by atoms with van der Waals surface area (Å²) in [7, 11) is 0. The van der Waals surface area contributed by atoms with E-state index in [4.69, 9.17) is 10.00 Å². The molecule has 0 aliphatic heterocycles. The van der Waals surface area contributed by atoms with Gasteiger partial charge >= 0.3 is 0 Å². The van der Waals surface area contributed by atoms with Gasteiger partial charge in [-0.3, -0.25) is 4.79 Å². The SMILES string of the molecule is N#Cc1cccc(NC(=O)COc2ccc3cc(Br)ccc3c2Br)c1. The van der Waals surface area contributed by atoms with Crippen LogP contribution in [0.3, 0.4) is 0 Å². The number of ether oxygens (including phenoxy) is 1. The zero-order chi connectivity index (χ0) is 17.8. The molecule has 3 aromatic carbocycles. The third kappa shape index (κ3) is 4.19. The average molecular weight is 460 g/mol. The Kier molecular flexibility index (Phi) is 5.37. The fourth-order valence-electron chi connectivity index (χ4n) is 2.36. The molecule has 124 valence electrons. The zero-order valence-corrected chi connectivity index (χ0v) is 16.1. The van der Waals surface area contributed by atoms with Gasteiger partial charge in [0.1, 0.15) is 5.75 Å². The molecule has 0 unspecified atom stereocenters. The number of amides is 1. The predicted octanol–water partition coefficient (Wildman–Crippen LogP) is 5.25. The first kappa shape index (κ1) is 17.5. The Morgan fingerprint density at radius 1 is 1.12 bits per heavy atom. The Labute approximate surface area is 161 Å². The van der Waals surface area contributed by atoms with Crippen molar-refractivity contribution in [2.45, 2.75) is 0 Å². The van der Waals surface area contributed by atoms with Crippen molar-refractivity contribution in [1.82, 2.24) is 0 Å². The van der Waals surface area contributed by atoms with Crippen molar-refractivity contribution in [3.05, 3.63) is 69.1 Å². The second-order valence-electron chi connectivity index (χ2n) is 5.27. The highest BCUT2D eigenvalue weighted by molar-refractivity contribution is 9.11. The largest absolute Gasteiger partial charge is 0.483 e. The Hall–Kier alpha value is -2.36. The number of fused-ring (bicyclic) bond motifs is 1. The van der Waals surface area contributed by atoms with Gasteiger partial charge < -0.3 is 10.1 Å². The fourth-order valence-corrected chi connectivity index (χ4v) is 3.35. The molecule has 0 saturated carbocycles. The number of rotatable bonds is 4. The Bertz CT molecular complexity index is 996. The maximum atomic E-state index is 12.1. The third-order valence-corrected chi connectivity index (χ3v) is 4.83. The lowest BCUT2D eigenvalue weighted by molar-refractivity contribution is -0.118. The lowest BCUT2D eigenvalue weighted by atomic mass is 10.1. The Balaban J connectivity index is 1.69. The second-order valence-corrected chi connectivity index (χ2v) is 6.98. The lowest BCUT2D eigenvalue weighted by Crippen LogP contribution is -2.20. The zero-order valence-electron chi connectivity index (χ0n) is 12.9. The molecule has 0 fully saturated rings. The van der Waals surface area contributed by atoms with Gasteiger partial charge in [-0.1, -0.05) is 34.1 Å². The third-order valence-electron chi connectivity index (χ3n) is 3.51. The van der Waals surface area contributed by atoms with Crippen LogP contribution >= 0.6 is 31.9 Å². The molecule has 0 spiro atoms. The highest BCUT2D eigenvalue weighted by Crippen LogP contribution is 2.34. The molecule has 0 heterocycles. The number of nitrogens with one attached hydrogen (secondary N) is 1. The summed E-state index contributed by atoms with van der Waals surface area (Å²) in [6.45, 7) is -0.128. The summed E-state index contributed by atoms with van der Waals surface area (Å²) in [5.41, 5.74) is 1.05. The van der Waals surface area contributed by atoms with E-state index in [9.17, 15) is 4.79 Å². The highest BCUT2D eigenvalue weighted by atomic mass is 79.9. The van der Waals surface area contributed by atoms with E-state index in [0.717, 1.165) is 19.7 Å². The number of anilines is 1. The average Bonchev–Trinajstić information content (AvgIpc) is 2.61. The van der Waals surface area contributed by atoms with Crippen molar-refractivity contribution in [1.29, 1.82) is 5.26 Å². The molecule has 0 atom stereocenters. The minimum Gasteiger partial charge on any atom is -0.483 e. The summed E-state index contributed by atoms with van der Waals surface area (Å²) in [5, 5.41) is 13.7. The number of nitriles is 1. The van der Waals surface area contributed by atoms with Crippen molar-refractivity contribution in [3.8, 4) is 11.8 Å². The number of hydrogen-bond acceptors (Lipinski definition) is 3. The van der Waals surface area contributed by atoms with Crippen LogP contribution < -0.4 is 10.1 Å². The van der Waals surface area contributed by atoms with E-state index in [1.165, 1.54) is 0 Å². The normalized spacial score (nSPS) is 10.3. The van der Waals surface area contributed by atoms with E-state index in [-0.39, 0.29) is 12.5 Å². The second kappa shape index (κ2) is 7.68. The molecule has 6 heteroatoms. The first-order valence-electron chi connectivity index (χ1n) is 7.37. The van der Waals surface area contributed by atoms with E-state index >= 15 is 0 Å². The van der Waals surface area contributed by atoms with Gasteiger partial charge in [0.25, 0.3) is 5.91 Å². The van der Waals surface area contributed by atoms with Crippen LogP contribution in [0.2, 0.25) is 0 Å². The molecule has 1 amide bonds. The summed E-state index contributed by atoms with van der Waals surface area (Å²) >= 11 is 6.98. The van der Waals surface area contributed by atoms with Crippen molar-refractivity contribution in [2.24, 2.45) is 0 Å². The quantitative estimate of drug-likeness (QED) is 0.579. The van der Waals surface area contributed by atoms with Gasteiger partial charge in [0, 0.05) is 10.2 Å². The van der Waals surface area contributed by atoms with Gasteiger partial charge in [-0.05, 0) is 63.1 Å². The predicted molar refractivity (Wildman–Crippen MR) is 105 cm³/mol. The van der Waals surface area contributed by atoms with E-state index in [1.807, 2.05) is 36.4 Å². The van der Waals surface area contributed by atoms with Gasteiger partial charge in [0.15, 0.2) is 6.61 Å². The van der Waals surface area contributed by atoms with Crippen molar-refractivity contribution in [2.75, 3.05) is 11.9 Å². The molecule has 0 radical (unpaired) electrons. The fraction of sp³-hybridized carbons (Fsp3) is 0.0526. The molecule has 0 aromatic heterocycles. The lowest BCUT2D eigenvalue weighted by Gasteiger charge is -2.11. The van der Waals surface area contributed by atoms with Crippen LogP contribution in [0.25, 0.3) is 10.8 Å². The highest BCUT2D eigenvalue weighted by Gasteiger charge is 2.09. The molecule has 4 nitrogen and oxygen atoms in total. The molecular formula is C19H12Br2N2O2. The monoisotopic (exact) mass is 458 g/mol. The summed E-state index contributed by atoms with van der Waals surface area (Å²) in [6.07, 6.45) is 0. The van der Waals surface area contributed by atoms with Gasteiger partial charge in [0.2, 0.25) is 0 Å². The van der Waals surface area contributed by atoms with Crippen molar-refractivity contribution in [3.63, 3.8) is 0 Å². The topological polar surface area (TPSA) is 62.1 Å². The van der Waals surface area contributed by atoms with Crippen LogP contribution in [0, 0.1) is 11.3 Å². The van der Waals surface area contributed by atoms with Crippen LogP contribution in [-0.2, 0) is 4.79 Å². The maximum absolute atomic E-state index is 12.1. The van der Waals surface area contributed by atoms with E-state index < -0.39 is 0 Å². The number of carbonyl (C=O) groups is 1. The van der Waals surface area contributed by atoms with E-state index in [2.05, 4.69) is 37.2 Å². The maximum Gasteiger partial charge on any atom is 0.262 e. The van der Waals surface area contributed by atoms with Crippen LogP contribution in [0.15, 0.2) is 63.5 Å². The number of nitrogens with zero attached hydrogens (tertiary/aromatic N) is 1. The molecule has 0 bridgehead atoms. The van der Waals surface area contributed by atoms with Crippen LogP contribution in [0.5, 0.6) is 5.75 Å². The van der Waals surface area contributed by atoms with Gasteiger partial charge in [0.05, 0.1) is 16.1 Å². The van der Waals surface area contributed by atoms with Crippen molar-refractivity contribution < 1.29 is 9.53 Å². The van der Waals surface area contributed by atoms with E-state index in [0.29, 0.717) is 17.0 Å². The molecule has 3 rings (SSSR count). The Morgan fingerprint density at radius 3 is 2.76 bits per heavy atom. The summed E-state index contributed by atoms with van der Waals surface area (Å²) in [4.78, 5) is 12.1. The minimum atomic E-state index is -0.294. The van der Waals surface area contributed by atoms with Crippen LogP contribution in [0.1, 0.15) is 5.56 Å². The number of halogens is 2.